The van der Waals surface area contributed by atoms with E-state index in [4.69, 9.17) is 9.47 Å². The molecule has 0 aliphatic heterocycles. The molecule has 3 heteroatoms. The van der Waals surface area contributed by atoms with Gasteiger partial charge in [0.05, 0.1) is 14.2 Å². The Morgan fingerprint density at radius 1 is 1.24 bits per heavy atom. The highest BCUT2D eigenvalue weighted by atomic mass is 16.5. The van der Waals surface area contributed by atoms with E-state index in [1.165, 1.54) is 5.70 Å². The van der Waals surface area contributed by atoms with Gasteiger partial charge in [-0.15, -0.1) is 0 Å². The summed E-state index contributed by atoms with van der Waals surface area (Å²) in [4.78, 5) is 0. The van der Waals surface area contributed by atoms with Crippen molar-refractivity contribution in [3.8, 4) is 11.5 Å². The summed E-state index contributed by atoms with van der Waals surface area (Å²) in [7, 11) is 3.33. The van der Waals surface area contributed by atoms with Crippen molar-refractivity contribution in [1.82, 2.24) is 5.32 Å². The first kappa shape index (κ1) is 11.6. The Morgan fingerprint density at radius 3 is 2.76 bits per heavy atom. The Hall–Kier alpha value is -1.90. The first-order valence-corrected chi connectivity index (χ1v) is 5.64. The first-order valence-electron chi connectivity index (χ1n) is 5.64. The lowest BCUT2D eigenvalue weighted by Gasteiger charge is -2.12. The number of rotatable bonds is 5. The number of benzene rings is 1. The van der Waals surface area contributed by atoms with Crippen LogP contribution in [-0.2, 0) is 6.54 Å². The number of hydrogen-bond donors (Lipinski definition) is 1. The number of hydrogen-bond acceptors (Lipinski definition) is 3. The number of methoxy groups -OCH3 is 2. The van der Waals surface area contributed by atoms with Gasteiger partial charge < -0.3 is 14.8 Å². The highest BCUT2D eigenvalue weighted by Gasteiger charge is 2.06. The van der Waals surface area contributed by atoms with Crippen LogP contribution in [0.25, 0.3) is 0 Å². The van der Waals surface area contributed by atoms with E-state index < -0.39 is 0 Å². The van der Waals surface area contributed by atoms with Crippen molar-refractivity contribution in [3.63, 3.8) is 0 Å². The monoisotopic (exact) mass is 231 g/mol. The number of ether oxygens (including phenoxy) is 2. The topological polar surface area (TPSA) is 30.5 Å². The lowest BCUT2D eigenvalue weighted by molar-refractivity contribution is 0.390. The van der Waals surface area contributed by atoms with Crippen molar-refractivity contribution in [1.29, 1.82) is 0 Å². The fourth-order valence-corrected chi connectivity index (χ4v) is 1.78. The molecule has 0 heterocycles. The van der Waals surface area contributed by atoms with Gasteiger partial charge in [-0.1, -0.05) is 12.2 Å². The summed E-state index contributed by atoms with van der Waals surface area (Å²) >= 11 is 0. The molecule has 1 aromatic carbocycles. The molecule has 0 unspecified atom stereocenters. The van der Waals surface area contributed by atoms with Crippen LogP contribution in [0.2, 0.25) is 0 Å². The summed E-state index contributed by atoms with van der Waals surface area (Å²) in [6.45, 7) is 0.765. The van der Waals surface area contributed by atoms with Crippen LogP contribution in [0.3, 0.4) is 0 Å². The Morgan fingerprint density at radius 2 is 2.12 bits per heavy atom. The van der Waals surface area contributed by atoms with Crippen molar-refractivity contribution in [3.05, 3.63) is 47.7 Å². The van der Waals surface area contributed by atoms with Gasteiger partial charge in [0.1, 0.15) is 11.5 Å². The van der Waals surface area contributed by atoms with Gasteiger partial charge in [-0.2, -0.15) is 0 Å². The molecule has 3 nitrogen and oxygen atoms in total. The van der Waals surface area contributed by atoms with Gasteiger partial charge in [0.25, 0.3) is 0 Å². The number of allylic oxidation sites excluding steroid dienone is 3. The predicted molar refractivity (Wildman–Crippen MR) is 68.2 cm³/mol. The zero-order valence-electron chi connectivity index (χ0n) is 10.2. The minimum atomic E-state index is 0.765. The SMILES string of the molecule is COc1ccc(CNC2=CC=CC2)c(OC)c1. The second-order valence-electron chi connectivity index (χ2n) is 3.86. The van der Waals surface area contributed by atoms with Crippen LogP contribution in [0, 0.1) is 0 Å². The molecule has 2 rings (SSSR count). The molecule has 1 N–H and O–H groups in total. The van der Waals surface area contributed by atoms with Crippen molar-refractivity contribution in [2.75, 3.05) is 14.2 Å². The average Bonchev–Trinajstić information content (AvgIpc) is 2.89. The molecule has 0 fully saturated rings. The van der Waals surface area contributed by atoms with Gasteiger partial charge in [0.2, 0.25) is 0 Å². The van der Waals surface area contributed by atoms with Gasteiger partial charge in [0.15, 0.2) is 0 Å². The molecule has 0 saturated carbocycles. The molecule has 1 aromatic rings. The van der Waals surface area contributed by atoms with Crippen molar-refractivity contribution >= 4 is 0 Å². The summed E-state index contributed by atoms with van der Waals surface area (Å²) in [5.41, 5.74) is 2.36. The molecule has 0 atom stereocenters. The van der Waals surface area contributed by atoms with Gasteiger partial charge in [0, 0.05) is 30.3 Å². The third-order valence-corrected chi connectivity index (χ3v) is 2.77. The number of nitrogens with one attached hydrogen (secondary N) is 1. The van der Waals surface area contributed by atoms with Crippen LogP contribution < -0.4 is 14.8 Å². The lowest BCUT2D eigenvalue weighted by Crippen LogP contribution is -2.12. The van der Waals surface area contributed by atoms with E-state index in [0.717, 1.165) is 30.0 Å². The van der Waals surface area contributed by atoms with Crippen LogP contribution in [0.4, 0.5) is 0 Å². The molecule has 0 spiro atoms. The fourth-order valence-electron chi connectivity index (χ4n) is 1.78. The summed E-state index contributed by atoms with van der Waals surface area (Å²) < 4.78 is 10.5. The normalized spacial score (nSPS) is 13.4. The lowest BCUT2D eigenvalue weighted by atomic mass is 10.2. The third kappa shape index (κ3) is 2.81. The minimum absolute atomic E-state index is 0.765. The van der Waals surface area contributed by atoms with Gasteiger partial charge in [-0.05, 0) is 18.2 Å². The molecule has 0 bridgehead atoms. The summed E-state index contributed by atoms with van der Waals surface area (Å²) in [5.74, 6) is 1.66. The standard InChI is InChI=1S/C14H17NO2/c1-16-13-8-7-11(14(9-13)17-2)10-15-12-5-3-4-6-12/h3-5,7-9,15H,6,10H2,1-2H3. The summed E-state index contributed by atoms with van der Waals surface area (Å²) in [6.07, 6.45) is 7.27. The van der Waals surface area contributed by atoms with Crippen LogP contribution in [0.15, 0.2) is 42.1 Å². The maximum atomic E-state index is 5.35. The molecule has 0 radical (unpaired) electrons. The zero-order chi connectivity index (χ0) is 12.1. The first-order chi connectivity index (χ1) is 8.33. The maximum Gasteiger partial charge on any atom is 0.127 e. The second kappa shape index (κ2) is 5.43. The summed E-state index contributed by atoms with van der Waals surface area (Å²) in [5, 5.41) is 3.39. The molecular formula is C14H17NO2. The maximum absolute atomic E-state index is 5.35. The van der Waals surface area contributed by atoms with E-state index >= 15 is 0 Å². The van der Waals surface area contributed by atoms with E-state index in [1.807, 2.05) is 18.2 Å². The third-order valence-electron chi connectivity index (χ3n) is 2.77. The molecule has 0 amide bonds. The van der Waals surface area contributed by atoms with Gasteiger partial charge in [-0.3, -0.25) is 0 Å². The summed E-state index contributed by atoms with van der Waals surface area (Å²) in [6, 6.07) is 5.87. The zero-order valence-corrected chi connectivity index (χ0v) is 10.2. The molecule has 0 aromatic heterocycles. The minimum Gasteiger partial charge on any atom is -0.497 e. The van der Waals surface area contributed by atoms with Gasteiger partial charge >= 0.3 is 0 Å². The van der Waals surface area contributed by atoms with Crippen molar-refractivity contribution in [2.24, 2.45) is 0 Å². The van der Waals surface area contributed by atoms with E-state index in [9.17, 15) is 0 Å². The Bertz CT molecular complexity index is 450. The van der Waals surface area contributed by atoms with Crippen LogP contribution >= 0.6 is 0 Å². The van der Waals surface area contributed by atoms with Crippen molar-refractivity contribution < 1.29 is 9.47 Å². The highest BCUT2D eigenvalue weighted by molar-refractivity contribution is 5.41. The molecule has 90 valence electrons. The average molecular weight is 231 g/mol. The van der Waals surface area contributed by atoms with Crippen LogP contribution in [0.1, 0.15) is 12.0 Å². The van der Waals surface area contributed by atoms with Crippen LogP contribution in [-0.4, -0.2) is 14.2 Å². The predicted octanol–water partition coefficient (Wildman–Crippen LogP) is 2.64. The van der Waals surface area contributed by atoms with E-state index in [0.29, 0.717) is 0 Å². The second-order valence-corrected chi connectivity index (χ2v) is 3.86. The van der Waals surface area contributed by atoms with Gasteiger partial charge in [-0.25, -0.2) is 0 Å². The van der Waals surface area contributed by atoms with Crippen molar-refractivity contribution in [2.45, 2.75) is 13.0 Å². The highest BCUT2D eigenvalue weighted by Crippen LogP contribution is 2.24. The molecule has 1 aliphatic carbocycles. The Balaban J connectivity index is 2.04. The fraction of sp³-hybridized carbons (Fsp3) is 0.286. The Labute approximate surface area is 102 Å². The smallest absolute Gasteiger partial charge is 0.127 e. The Kier molecular flexibility index (Phi) is 3.70. The van der Waals surface area contributed by atoms with E-state index in [-0.39, 0.29) is 0 Å². The molecule has 17 heavy (non-hydrogen) atoms. The quantitative estimate of drug-likeness (QED) is 0.845. The largest absolute Gasteiger partial charge is 0.497 e. The van der Waals surface area contributed by atoms with E-state index in [1.54, 1.807) is 14.2 Å². The van der Waals surface area contributed by atoms with E-state index in [2.05, 4.69) is 23.5 Å². The molecular weight excluding hydrogens is 214 g/mol. The molecule has 0 saturated heterocycles. The van der Waals surface area contributed by atoms with Crippen LogP contribution in [0.5, 0.6) is 11.5 Å². The molecule has 1 aliphatic rings.